The van der Waals surface area contributed by atoms with Gasteiger partial charge in [-0.2, -0.15) is 0 Å². The lowest BCUT2D eigenvalue weighted by Crippen LogP contribution is -2.40. The SMILES string of the molecule is COC(=O)C1=C(C)N=c2s/c(=C\c3ccc(-c4ccc([N+](=O)[O-])cc4Cl)o3)c(=O)n2[C@@H]1c1cc(Cl)ccc1OC. The summed E-state index contributed by atoms with van der Waals surface area (Å²) in [7, 11) is 2.74. The maximum atomic E-state index is 13.8. The smallest absolute Gasteiger partial charge is 0.338 e. The summed E-state index contributed by atoms with van der Waals surface area (Å²) in [6, 6.07) is 11.4. The monoisotopic (exact) mass is 599 g/mol. The number of carbonyl (C=O) groups is 1. The summed E-state index contributed by atoms with van der Waals surface area (Å²) in [5, 5.41) is 11.6. The molecule has 0 spiro atoms. The van der Waals surface area contributed by atoms with Crippen molar-refractivity contribution in [1.82, 2.24) is 4.57 Å². The van der Waals surface area contributed by atoms with Crippen LogP contribution in [0.3, 0.4) is 0 Å². The number of aromatic nitrogens is 1. The Bertz CT molecular complexity index is 1910. The highest BCUT2D eigenvalue weighted by Crippen LogP contribution is 2.37. The summed E-state index contributed by atoms with van der Waals surface area (Å²) in [6.45, 7) is 1.67. The van der Waals surface area contributed by atoms with Gasteiger partial charge in [0.2, 0.25) is 0 Å². The number of hydrogen-bond acceptors (Lipinski definition) is 9. The van der Waals surface area contributed by atoms with E-state index in [4.69, 9.17) is 37.1 Å². The van der Waals surface area contributed by atoms with Crippen molar-refractivity contribution in [2.75, 3.05) is 14.2 Å². The minimum atomic E-state index is -0.912. The third-order valence-electron chi connectivity index (χ3n) is 6.24. The Kier molecular flexibility index (Phi) is 7.37. The van der Waals surface area contributed by atoms with Gasteiger partial charge in [-0.25, -0.2) is 9.79 Å². The lowest BCUT2D eigenvalue weighted by atomic mass is 9.95. The van der Waals surface area contributed by atoms with Crippen molar-refractivity contribution < 1.29 is 23.6 Å². The maximum Gasteiger partial charge on any atom is 0.338 e. The predicted octanol–water partition coefficient (Wildman–Crippen LogP) is 4.89. The van der Waals surface area contributed by atoms with Crippen LogP contribution in [-0.2, 0) is 9.53 Å². The third-order valence-corrected chi connectivity index (χ3v) is 7.77. The second kappa shape index (κ2) is 10.8. The van der Waals surface area contributed by atoms with Gasteiger partial charge in [0.25, 0.3) is 11.2 Å². The average molecular weight is 600 g/mol. The molecule has 5 rings (SSSR count). The molecule has 4 aromatic rings. The number of nitrogens with zero attached hydrogens (tertiary/aromatic N) is 3. The summed E-state index contributed by atoms with van der Waals surface area (Å²) >= 11 is 13.7. The first kappa shape index (κ1) is 27.4. The van der Waals surface area contributed by atoms with Gasteiger partial charge in [-0.15, -0.1) is 0 Å². The number of benzene rings is 2. The fourth-order valence-corrected chi connectivity index (χ4v) is 5.90. The molecule has 1 aliphatic heterocycles. The molecule has 0 radical (unpaired) electrons. The summed E-state index contributed by atoms with van der Waals surface area (Å²) in [5.74, 6) is 0.494. The van der Waals surface area contributed by atoms with Crippen LogP contribution in [0.5, 0.6) is 5.75 Å². The molecule has 0 saturated heterocycles. The molecule has 3 heterocycles. The van der Waals surface area contributed by atoms with Crippen LogP contribution in [0.15, 0.2) is 74.0 Å². The van der Waals surface area contributed by atoms with E-state index in [1.165, 1.54) is 37.0 Å². The molecular weight excluding hydrogens is 581 g/mol. The zero-order valence-corrected chi connectivity index (χ0v) is 23.5. The molecule has 10 nitrogen and oxygen atoms in total. The van der Waals surface area contributed by atoms with Crippen molar-refractivity contribution in [2.45, 2.75) is 13.0 Å². The molecule has 0 N–H and O–H groups in total. The van der Waals surface area contributed by atoms with Crippen LogP contribution in [0.4, 0.5) is 5.69 Å². The number of carbonyl (C=O) groups excluding carboxylic acids is 1. The Balaban J connectivity index is 1.65. The summed E-state index contributed by atoms with van der Waals surface area (Å²) in [6.07, 6.45) is 1.55. The first-order valence-electron chi connectivity index (χ1n) is 11.6. The highest BCUT2D eigenvalue weighted by Gasteiger charge is 2.35. The van der Waals surface area contributed by atoms with Crippen LogP contribution >= 0.6 is 34.5 Å². The molecule has 0 bridgehead atoms. The number of fused-ring (bicyclic) bond motifs is 1. The fourth-order valence-electron chi connectivity index (χ4n) is 4.43. The van der Waals surface area contributed by atoms with Gasteiger partial charge < -0.3 is 13.9 Å². The van der Waals surface area contributed by atoms with E-state index in [-0.39, 0.29) is 16.3 Å². The lowest BCUT2D eigenvalue weighted by Gasteiger charge is -2.25. The maximum absolute atomic E-state index is 13.8. The number of rotatable bonds is 6. The average Bonchev–Trinajstić information content (AvgIpc) is 3.51. The van der Waals surface area contributed by atoms with Gasteiger partial charge in [-0.05, 0) is 43.3 Å². The Labute approximate surface area is 240 Å². The molecule has 0 unspecified atom stereocenters. The van der Waals surface area contributed by atoms with Gasteiger partial charge in [0.1, 0.15) is 23.3 Å². The van der Waals surface area contributed by atoms with E-state index in [1.807, 2.05) is 0 Å². The minimum absolute atomic E-state index is 0.144. The summed E-state index contributed by atoms with van der Waals surface area (Å²) in [4.78, 5) is 42.0. The standard InChI is InChI=1S/C27H19Cl2N3O7S/c1-13-23(26(34)38-3)24(18-10-14(28)4-8-20(18)37-2)31-25(33)22(40-27(31)30-13)12-16-6-9-21(39-16)17-7-5-15(32(35)36)11-19(17)29/h4-12,24H,1-3H3/b22-12-/t24-/m1/s1. The van der Waals surface area contributed by atoms with E-state index < -0.39 is 22.5 Å². The fraction of sp³-hybridized carbons (Fsp3) is 0.148. The van der Waals surface area contributed by atoms with Crippen molar-refractivity contribution in [1.29, 1.82) is 0 Å². The minimum Gasteiger partial charge on any atom is -0.496 e. The van der Waals surface area contributed by atoms with Crippen LogP contribution in [0.1, 0.15) is 24.3 Å². The van der Waals surface area contributed by atoms with E-state index in [2.05, 4.69) is 4.99 Å². The van der Waals surface area contributed by atoms with Crippen molar-refractivity contribution in [3.8, 4) is 17.1 Å². The van der Waals surface area contributed by atoms with E-state index in [9.17, 15) is 19.7 Å². The van der Waals surface area contributed by atoms with Crippen molar-refractivity contribution in [3.05, 3.63) is 111 Å². The Morgan fingerprint density at radius 3 is 2.62 bits per heavy atom. The number of nitro benzene ring substituents is 1. The van der Waals surface area contributed by atoms with Crippen LogP contribution in [0.2, 0.25) is 10.0 Å². The number of nitro groups is 1. The number of methoxy groups -OCH3 is 2. The topological polar surface area (TPSA) is 126 Å². The van der Waals surface area contributed by atoms with Gasteiger partial charge in [-0.1, -0.05) is 34.5 Å². The van der Waals surface area contributed by atoms with Gasteiger partial charge in [-0.3, -0.25) is 19.5 Å². The molecule has 40 heavy (non-hydrogen) atoms. The Hall–Kier alpha value is -4.19. The molecule has 13 heteroatoms. The molecule has 0 aliphatic carbocycles. The molecule has 204 valence electrons. The second-order valence-electron chi connectivity index (χ2n) is 8.58. The number of ether oxygens (including phenoxy) is 2. The van der Waals surface area contributed by atoms with E-state index in [1.54, 1.807) is 43.3 Å². The number of esters is 1. The second-order valence-corrected chi connectivity index (χ2v) is 10.4. The van der Waals surface area contributed by atoms with E-state index in [0.717, 1.165) is 11.3 Å². The number of furan rings is 1. The number of allylic oxidation sites excluding steroid dienone is 1. The largest absolute Gasteiger partial charge is 0.496 e. The highest BCUT2D eigenvalue weighted by atomic mass is 35.5. The Morgan fingerprint density at radius 2 is 1.95 bits per heavy atom. The van der Waals surface area contributed by atoms with Crippen molar-refractivity contribution in [3.63, 3.8) is 0 Å². The molecule has 2 aromatic carbocycles. The zero-order valence-electron chi connectivity index (χ0n) is 21.1. The molecular formula is C27H19Cl2N3O7S. The summed E-state index contributed by atoms with van der Waals surface area (Å²) < 4.78 is 18.2. The van der Waals surface area contributed by atoms with E-state index >= 15 is 0 Å². The highest BCUT2D eigenvalue weighted by molar-refractivity contribution is 7.07. The van der Waals surface area contributed by atoms with Crippen LogP contribution in [0.25, 0.3) is 17.4 Å². The molecule has 1 aliphatic rings. The third kappa shape index (κ3) is 4.83. The number of thiazole rings is 1. The number of non-ortho nitro benzene ring substituents is 1. The van der Waals surface area contributed by atoms with Crippen LogP contribution < -0.4 is 19.6 Å². The lowest BCUT2D eigenvalue weighted by molar-refractivity contribution is -0.384. The normalized spacial score (nSPS) is 15.0. The predicted molar refractivity (Wildman–Crippen MR) is 150 cm³/mol. The van der Waals surface area contributed by atoms with Crippen molar-refractivity contribution >= 4 is 52.3 Å². The van der Waals surface area contributed by atoms with Gasteiger partial charge >= 0.3 is 5.97 Å². The van der Waals surface area contributed by atoms with Crippen LogP contribution in [-0.4, -0.2) is 29.7 Å². The number of hydrogen-bond donors (Lipinski definition) is 0. The zero-order chi connectivity index (χ0) is 28.7. The summed E-state index contributed by atoms with van der Waals surface area (Å²) in [5.41, 5.74) is 0.949. The van der Waals surface area contributed by atoms with Gasteiger partial charge in [0, 0.05) is 34.4 Å². The molecule has 2 aromatic heterocycles. The first-order chi connectivity index (χ1) is 19.1. The van der Waals surface area contributed by atoms with Crippen molar-refractivity contribution in [2.24, 2.45) is 4.99 Å². The van der Waals surface area contributed by atoms with Gasteiger partial charge in [0.15, 0.2) is 4.80 Å². The molecule has 0 amide bonds. The first-order valence-corrected chi connectivity index (χ1v) is 13.2. The molecule has 0 fully saturated rings. The number of halogens is 2. The Morgan fingerprint density at radius 1 is 1.18 bits per heavy atom. The van der Waals surface area contributed by atoms with E-state index in [0.29, 0.717) is 48.5 Å². The molecule has 1 atom stereocenters. The van der Waals surface area contributed by atoms with Crippen LogP contribution in [0, 0.1) is 10.1 Å². The molecule has 0 saturated carbocycles. The quantitative estimate of drug-likeness (QED) is 0.175. The van der Waals surface area contributed by atoms with Gasteiger partial charge in [0.05, 0.1) is 40.0 Å².